The van der Waals surface area contributed by atoms with Gasteiger partial charge in [0.15, 0.2) is 0 Å². The molecule has 0 saturated carbocycles. The molecule has 20 heavy (non-hydrogen) atoms. The number of rotatable bonds is 5. The number of fused-ring (bicyclic) bond motifs is 1. The van der Waals surface area contributed by atoms with E-state index in [-0.39, 0.29) is 5.56 Å². The largest absolute Gasteiger partial charge is 0.500 e. The predicted molar refractivity (Wildman–Crippen MR) is 82.8 cm³/mol. The van der Waals surface area contributed by atoms with Crippen molar-refractivity contribution in [3.63, 3.8) is 0 Å². The molecule has 0 aliphatic heterocycles. The Balaban J connectivity index is 2.22. The molecule has 2 rings (SSSR count). The fourth-order valence-electron chi connectivity index (χ4n) is 2.01. The second-order valence-electron chi connectivity index (χ2n) is 5.06. The minimum atomic E-state index is -0.0847. The number of nitrogens with one attached hydrogen (secondary N) is 1. The number of H-pyrrole nitrogens is 1. The summed E-state index contributed by atoms with van der Waals surface area (Å²) in [5, 5.41) is 1.03. The number of hydrogen-bond acceptors (Lipinski definition) is 3. The van der Waals surface area contributed by atoms with Gasteiger partial charge in [-0.2, -0.15) is 0 Å². The number of aromatic amines is 1. The molecule has 4 nitrogen and oxygen atoms in total. The highest BCUT2D eigenvalue weighted by atomic mass is 16.5. The summed E-state index contributed by atoms with van der Waals surface area (Å²) in [5.41, 5.74) is 2.98. The van der Waals surface area contributed by atoms with E-state index >= 15 is 0 Å². The van der Waals surface area contributed by atoms with Crippen molar-refractivity contribution >= 4 is 17.0 Å². The molecule has 0 aliphatic carbocycles. The van der Waals surface area contributed by atoms with Crippen LogP contribution in [0, 0.1) is 6.92 Å². The quantitative estimate of drug-likeness (QED) is 0.671. The average Bonchev–Trinajstić information content (AvgIpc) is 2.40. The molecule has 1 heterocycles. The summed E-state index contributed by atoms with van der Waals surface area (Å²) in [6, 6.07) is 7.32. The molecule has 106 valence electrons. The van der Waals surface area contributed by atoms with Crippen LogP contribution < -0.4 is 5.56 Å². The Hall–Kier alpha value is -2.07. The number of likely N-dealkylation sites (N-methyl/N-ethyl adjacent to an activating group) is 1. The molecule has 2 aromatic rings. The lowest BCUT2D eigenvalue weighted by molar-refractivity contribution is 0.214. The van der Waals surface area contributed by atoms with E-state index in [1.807, 2.05) is 45.3 Å². The molecule has 1 N–H and O–H groups in total. The molecular formula is C16H20N2O2. The normalized spacial score (nSPS) is 11.6. The van der Waals surface area contributed by atoms with Crippen molar-refractivity contribution in [3.05, 3.63) is 52.0 Å². The van der Waals surface area contributed by atoms with Gasteiger partial charge in [-0.1, -0.05) is 6.07 Å². The maximum atomic E-state index is 11.3. The van der Waals surface area contributed by atoms with Gasteiger partial charge in [0.2, 0.25) is 5.56 Å². The number of benzene rings is 1. The zero-order valence-electron chi connectivity index (χ0n) is 12.1. The number of hydrogen-bond donors (Lipinski definition) is 1. The Kier molecular flexibility index (Phi) is 4.58. The van der Waals surface area contributed by atoms with Crippen LogP contribution in [0.5, 0.6) is 0 Å². The molecule has 0 fully saturated rings. The van der Waals surface area contributed by atoms with Gasteiger partial charge in [-0.3, -0.25) is 4.79 Å². The molecule has 0 amide bonds. The summed E-state index contributed by atoms with van der Waals surface area (Å²) in [6.07, 6.45) is 3.67. The van der Waals surface area contributed by atoms with Gasteiger partial charge in [0, 0.05) is 23.5 Å². The molecule has 0 bridgehead atoms. The Labute approximate surface area is 118 Å². The minimum absolute atomic E-state index is 0.0847. The first-order chi connectivity index (χ1) is 9.58. The van der Waals surface area contributed by atoms with Crippen LogP contribution in [0.3, 0.4) is 0 Å². The van der Waals surface area contributed by atoms with E-state index in [1.54, 1.807) is 12.3 Å². The molecule has 0 atom stereocenters. The summed E-state index contributed by atoms with van der Waals surface area (Å²) in [7, 11) is 4.02. The van der Waals surface area contributed by atoms with Gasteiger partial charge in [0.25, 0.3) is 0 Å². The third-order valence-electron chi connectivity index (χ3n) is 3.15. The second kappa shape index (κ2) is 6.39. The van der Waals surface area contributed by atoms with Gasteiger partial charge in [-0.05, 0) is 50.4 Å². The number of nitrogens with zero attached hydrogens (tertiary/aromatic N) is 1. The summed E-state index contributed by atoms with van der Waals surface area (Å²) in [5.74, 6) is 0. The zero-order chi connectivity index (χ0) is 14.5. The highest BCUT2D eigenvalue weighted by Gasteiger charge is 2.02. The highest BCUT2D eigenvalue weighted by Crippen LogP contribution is 2.21. The van der Waals surface area contributed by atoms with Crippen molar-refractivity contribution in [1.29, 1.82) is 0 Å². The van der Waals surface area contributed by atoms with Crippen LogP contribution in [0.25, 0.3) is 17.0 Å². The monoisotopic (exact) mass is 272 g/mol. The zero-order valence-corrected chi connectivity index (χ0v) is 12.1. The van der Waals surface area contributed by atoms with Crippen molar-refractivity contribution in [2.75, 3.05) is 27.2 Å². The highest BCUT2D eigenvalue weighted by molar-refractivity contribution is 5.89. The van der Waals surface area contributed by atoms with E-state index in [0.29, 0.717) is 6.61 Å². The Morgan fingerprint density at radius 1 is 1.25 bits per heavy atom. The van der Waals surface area contributed by atoms with E-state index in [9.17, 15) is 4.79 Å². The first-order valence-electron chi connectivity index (χ1n) is 6.63. The van der Waals surface area contributed by atoms with Gasteiger partial charge in [0.1, 0.15) is 0 Å². The molecule has 0 saturated heterocycles. The van der Waals surface area contributed by atoms with Crippen LogP contribution in [0.4, 0.5) is 0 Å². The molecule has 1 aromatic carbocycles. The number of aryl methyl sites for hydroxylation is 1. The van der Waals surface area contributed by atoms with Gasteiger partial charge in [-0.25, -0.2) is 0 Å². The Bertz CT molecular complexity index is 672. The molecule has 0 radical (unpaired) electrons. The van der Waals surface area contributed by atoms with Gasteiger partial charge in [-0.15, -0.1) is 0 Å². The predicted octanol–water partition coefficient (Wildman–Crippen LogP) is 2.39. The van der Waals surface area contributed by atoms with E-state index < -0.39 is 0 Å². The summed E-state index contributed by atoms with van der Waals surface area (Å²) < 4.78 is 5.48. The Morgan fingerprint density at radius 3 is 2.80 bits per heavy atom. The van der Waals surface area contributed by atoms with Crippen molar-refractivity contribution in [3.8, 4) is 0 Å². The van der Waals surface area contributed by atoms with Gasteiger partial charge >= 0.3 is 0 Å². The average molecular weight is 272 g/mol. The lowest BCUT2D eigenvalue weighted by atomic mass is 10.0. The van der Waals surface area contributed by atoms with Gasteiger partial charge < -0.3 is 14.6 Å². The summed E-state index contributed by atoms with van der Waals surface area (Å²) >= 11 is 0. The van der Waals surface area contributed by atoms with Gasteiger partial charge in [0.05, 0.1) is 12.9 Å². The van der Waals surface area contributed by atoms with Crippen LogP contribution in [0.15, 0.2) is 35.3 Å². The third kappa shape index (κ3) is 3.48. The lowest BCUT2D eigenvalue weighted by Gasteiger charge is -2.09. The number of ether oxygens (including phenoxy) is 1. The lowest BCUT2D eigenvalue weighted by Crippen LogP contribution is -2.16. The van der Waals surface area contributed by atoms with E-state index in [1.165, 1.54) is 0 Å². The van der Waals surface area contributed by atoms with E-state index in [4.69, 9.17) is 4.74 Å². The molecule has 0 aliphatic rings. The second-order valence-corrected chi connectivity index (χ2v) is 5.06. The SMILES string of the molecule is Cc1ccc2[nH]c(=O)ccc2c1/C=C/OCCN(C)C. The first-order valence-corrected chi connectivity index (χ1v) is 6.63. The summed E-state index contributed by atoms with van der Waals surface area (Å²) in [4.78, 5) is 16.2. The van der Waals surface area contributed by atoms with Crippen LogP contribution in [0.1, 0.15) is 11.1 Å². The maximum Gasteiger partial charge on any atom is 0.248 e. The van der Waals surface area contributed by atoms with Crippen LogP contribution in [-0.2, 0) is 4.74 Å². The minimum Gasteiger partial charge on any atom is -0.500 e. The molecule has 1 aromatic heterocycles. The van der Waals surface area contributed by atoms with Crippen LogP contribution in [0.2, 0.25) is 0 Å². The standard InChI is InChI=1S/C16H20N2O2/c1-12-4-6-15-14(5-7-16(19)17-15)13(12)8-10-20-11-9-18(2)3/h4-8,10H,9,11H2,1-3H3,(H,17,19)/b10-8+. The summed E-state index contributed by atoms with van der Waals surface area (Å²) in [6.45, 7) is 3.58. The smallest absolute Gasteiger partial charge is 0.248 e. The third-order valence-corrected chi connectivity index (χ3v) is 3.15. The van der Waals surface area contributed by atoms with Crippen LogP contribution in [-0.4, -0.2) is 37.1 Å². The fourth-order valence-corrected chi connectivity index (χ4v) is 2.01. The van der Waals surface area contributed by atoms with Crippen molar-refractivity contribution < 1.29 is 4.74 Å². The topological polar surface area (TPSA) is 45.3 Å². The number of aromatic nitrogens is 1. The molecule has 0 unspecified atom stereocenters. The Morgan fingerprint density at radius 2 is 2.05 bits per heavy atom. The van der Waals surface area contributed by atoms with Crippen molar-refractivity contribution in [2.24, 2.45) is 0 Å². The molecule has 0 spiro atoms. The van der Waals surface area contributed by atoms with Crippen LogP contribution >= 0.6 is 0 Å². The molecule has 4 heteroatoms. The molecular weight excluding hydrogens is 252 g/mol. The first kappa shape index (κ1) is 14.3. The maximum absolute atomic E-state index is 11.3. The van der Waals surface area contributed by atoms with E-state index in [2.05, 4.69) is 9.88 Å². The number of pyridine rings is 1. The van der Waals surface area contributed by atoms with Crippen molar-refractivity contribution in [2.45, 2.75) is 6.92 Å². The fraction of sp³-hybridized carbons (Fsp3) is 0.312. The van der Waals surface area contributed by atoms with E-state index in [0.717, 1.165) is 28.6 Å². The van der Waals surface area contributed by atoms with Crippen molar-refractivity contribution in [1.82, 2.24) is 9.88 Å².